The number of hydrogen-bond acceptors (Lipinski definition) is 6. The van der Waals surface area contributed by atoms with E-state index in [4.69, 9.17) is 5.84 Å². The number of anilines is 1. The highest BCUT2D eigenvalue weighted by Gasteiger charge is 2.10. The minimum atomic E-state index is 0.607. The van der Waals surface area contributed by atoms with Gasteiger partial charge in [0.05, 0.1) is 18.1 Å². The zero-order valence-electron chi connectivity index (χ0n) is 9.22. The second-order valence-corrected chi connectivity index (χ2v) is 5.00. The highest BCUT2D eigenvalue weighted by atomic mass is 32.2. The maximum Gasteiger partial charge on any atom is 0.158 e. The van der Waals surface area contributed by atoms with E-state index in [0.29, 0.717) is 5.82 Å². The van der Waals surface area contributed by atoms with E-state index in [9.17, 15) is 0 Å². The van der Waals surface area contributed by atoms with Crippen LogP contribution in [0.15, 0.2) is 12.4 Å². The van der Waals surface area contributed by atoms with E-state index in [1.54, 1.807) is 12.4 Å². The Labute approximate surface area is 99.8 Å². The molecule has 0 bridgehead atoms. The van der Waals surface area contributed by atoms with Crippen molar-refractivity contribution in [3.63, 3.8) is 0 Å². The smallest absolute Gasteiger partial charge is 0.158 e. The number of hydrazine groups is 1. The average molecular weight is 239 g/mol. The number of nitrogen functional groups attached to an aromatic ring is 1. The summed E-state index contributed by atoms with van der Waals surface area (Å²) in [5, 5.41) is 0. The highest BCUT2D eigenvalue weighted by molar-refractivity contribution is 7.99. The minimum absolute atomic E-state index is 0.607. The number of nitrogens with two attached hydrogens (primary N) is 1. The highest BCUT2D eigenvalue weighted by Crippen LogP contribution is 2.12. The molecule has 0 aliphatic carbocycles. The lowest BCUT2D eigenvalue weighted by atomic mass is 10.3. The second kappa shape index (κ2) is 6.03. The van der Waals surface area contributed by atoms with Gasteiger partial charge in [0, 0.05) is 18.8 Å². The Morgan fingerprint density at radius 1 is 1.31 bits per heavy atom. The molecule has 1 aromatic rings. The molecule has 0 radical (unpaired) electrons. The van der Waals surface area contributed by atoms with Crippen LogP contribution in [-0.4, -0.2) is 39.5 Å². The van der Waals surface area contributed by atoms with Crippen LogP contribution in [-0.2, 0) is 6.54 Å². The summed E-state index contributed by atoms with van der Waals surface area (Å²) in [5.74, 6) is 8.34. The first kappa shape index (κ1) is 11.6. The predicted molar refractivity (Wildman–Crippen MR) is 67.1 cm³/mol. The van der Waals surface area contributed by atoms with Gasteiger partial charge in [0.1, 0.15) is 0 Å². The summed E-state index contributed by atoms with van der Waals surface area (Å²) in [7, 11) is 0. The van der Waals surface area contributed by atoms with Crippen LogP contribution in [0.25, 0.3) is 0 Å². The van der Waals surface area contributed by atoms with Crippen LogP contribution >= 0.6 is 11.8 Å². The quantitative estimate of drug-likeness (QED) is 0.598. The summed E-state index contributed by atoms with van der Waals surface area (Å²) >= 11 is 2.03. The van der Waals surface area contributed by atoms with Crippen molar-refractivity contribution in [3.8, 4) is 0 Å². The monoisotopic (exact) mass is 239 g/mol. The molecule has 2 rings (SSSR count). The molecule has 16 heavy (non-hydrogen) atoms. The Morgan fingerprint density at radius 3 is 3.00 bits per heavy atom. The molecule has 0 amide bonds. The number of thioether (sulfide) groups is 1. The molecule has 1 saturated heterocycles. The van der Waals surface area contributed by atoms with E-state index in [-0.39, 0.29) is 0 Å². The van der Waals surface area contributed by atoms with Gasteiger partial charge >= 0.3 is 0 Å². The number of nitrogens with zero attached hydrogens (tertiary/aromatic N) is 3. The van der Waals surface area contributed by atoms with Crippen molar-refractivity contribution in [3.05, 3.63) is 18.1 Å². The first-order valence-electron chi connectivity index (χ1n) is 5.46. The van der Waals surface area contributed by atoms with Gasteiger partial charge in [-0.05, 0) is 18.7 Å². The van der Waals surface area contributed by atoms with Crippen molar-refractivity contribution in [2.75, 3.05) is 30.0 Å². The molecule has 1 aromatic heterocycles. The first-order valence-corrected chi connectivity index (χ1v) is 6.61. The van der Waals surface area contributed by atoms with E-state index >= 15 is 0 Å². The van der Waals surface area contributed by atoms with Crippen LogP contribution in [0, 0.1) is 0 Å². The fourth-order valence-electron chi connectivity index (χ4n) is 1.70. The fraction of sp³-hybridized carbons (Fsp3) is 0.600. The largest absolute Gasteiger partial charge is 0.307 e. The summed E-state index contributed by atoms with van der Waals surface area (Å²) in [6, 6.07) is 0. The normalized spacial score (nSPS) is 18.1. The average Bonchev–Trinajstić information content (AvgIpc) is 2.59. The Bertz CT molecular complexity index is 307. The second-order valence-electron chi connectivity index (χ2n) is 3.78. The maximum atomic E-state index is 5.24. The van der Waals surface area contributed by atoms with Crippen molar-refractivity contribution >= 4 is 17.6 Å². The van der Waals surface area contributed by atoms with E-state index in [1.807, 2.05) is 11.8 Å². The van der Waals surface area contributed by atoms with Gasteiger partial charge in [0.25, 0.3) is 0 Å². The molecular weight excluding hydrogens is 222 g/mol. The summed E-state index contributed by atoms with van der Waals surface area (Å²) < 4.78 is 0. The Hall–Kier alpha value is -0.850. The number of aromatic nitrogens is 2. The SMILES string of the molecule is NNc1cnc(CN2CCCSCC2)cn1. The zero-order chi connectivity index (χ0) is 11.2. The lowest BCUT2D eigenvalue weighted by Gasteiger charge is -2.18. The van der Waals surface area contributed by atoms with Crippen LogP contribution in [0.3, 0.4) is 0 Å². The van der Waals surface area contributed by atoms with Gasteiger partial charge in [-0.3, -0.25) is 9.88 Å². The molecule has 0 aromatic carbocycles. The van der Waals surface area contributed by atoms with Gasteiger partial charge in [-0.15, -0.1) is 0 Å². The van der Waals surface area contributed by atoms with Gasteiger partial charge in [-0.2, -0.15) is 11.8 Å². The number of rotatable bonds is 3. The molecule has 3 N–H and O–H groups in total. The molecule has 1 aliphatic heterocycles. The number of nitrogens with one attached hydrogen (secondary N) is 1. The molecule has 2 heterocycles. The van der Waals surface area contributed by atoms with Gasteiger partial charge in [-0.1, -0.05) is 0 Å². The molecule has 0 atom stereocenters. The Kier molecular flexibility index (Phi) is 4.38. The fourth-order valence-corrected chi connectivity index (χ4v) is 2.62. The van der Waals surface area contributed by atoms with E-state index in [1.165, 1.54) is 17.9 Å². The summed E-state index contributed by atoms with van der Waals surface area (Å²) in [5.41, 5.74) is 3.48. The number of hydrogen-bond donors (Lipinski definition) is 2. The zero-order valence-corrected chi connectivity index (χ0v) is 10.0. The van der Waals surface area contributed by atoms with Crippen LogP contribution in [0.1, 0.15) is 12.1 Å². The lowest BCUT2D eigenvalue weighted by Crippen LogP contribution is -2.26. The predicted octanol–water partition coefficient (Wildman–Crippen LogP) is 0.701. The van der Waals surface area contributed by atoms with E-state index in [0.717, 1.165) is 25.3 Å². The molecule has 0 spiro atoms. The van der Waals surface area contributed by atoms with Crippen molar-refractivity contribution < 1.29 is 0 Å². The third kappa shape index (κ3) is 3.33. The molecule has 0 unspecified atom stereocenters. The molecular formula is C10H17N5S. The van der Waals surface area contributed by atoms with E-state index in [2.05, 4.69) is 20.3 Å². The summed E-state index contributed by atoms with van der Waals surface area (Å²) in [4.78, 5) is 10.9. The van der Waals surface area contributed by atoms with E-state index < -0.39 is 0 Å². The van der Waals surface area contributed by atoms with Crippen LogP contribution in [0.4, 0.5) is 5.82 Å². The first-order chi connectivity index (χ1) is 7.88. The third-order valence-electron chi connectivity index (χ3n) is 2.55. The lowest BCUT2D eigenvalue weighted by molar-refractivity contribution is 0.284. The Balaban J connectivity index is 1.91. The van der Waals surface area contributed by atoms with Crippen molar-refractivity contribution in [1.29, 1.82) is 0 Å². The third-order valence-corrected chi connectivity index (χ3v) is 3.60. The molecule has 6 heteroatoms. The topological polar surface area (TPSA) is 67.1 Å². The van der Waals surface area contributed by atoms with Crippen molar-refractivity contribution in [2.24, 2.45) is 5.84 Å². The van der Waals surface area contributed by atoms with Crippen LogP contribution in [0.5, 0.6) is 0 Å². The molecule has 5 nitrogen and oxygen atoms in total. The summed E-state index contributed by atoms with van der Waals surface area (Å²) in [6.45, 7) is 3.19. The Morgan fingerprint density at radius 2 is 2.25 bits per heavy atom. The molecule has 0 saturated carbocycles. The van der Waals surface area contributed by atoms with Crippen LogP contribution in [0.2, 0.25) is 0 Å². The van der Waals surface area contributed by atoms with Gasteiger partial charge in [-0.25, -0.2) is 10.8 Å². The van der Waals surface area contributed by atoms with Gasteiger partial charge in [0.15, 0.2) is 5.82 Å². The van der Waals surface area contributed by atoms with Crippen molar-refractivity contribution in [1.82, 2.24) is 14.9 Å². The molecule has 88 valence electrons. The van der Waals surface area contributed by atoms with Gasteiger partial charge in [0.2, 0.25) is 0 Å². The van der Waals surface area contributed by atoms with Crippen LogP contribution < -0.4 is 11.3 Å². The van der Waals surface area contributed by atoms with Gasteiger partial charge < -0.3 is 5.43 Å². The van der Waals surface area contributed by atoms with Crippen molar-refractivity contribution in [2.45, 2.75) is 13.0 Å². The minimum Gasteiger partial charge on any atom is -0.307 e. The molecule has 1 aliphatic rings. The maximum absolute atomic E-state index is 5.24. The molecule has 1 fully saturated rings. The standard InChI is InChI=1S/C10H17N5S/c11-14-10-7-12-9(6-13-10)8-15-2-1-4-16-5-3-15/h6-7H,1-5,8,11H2,(H,13,14). The summed E-state index contributed by atoms with van der Waals surface area (Å²) in [6.07, 6.45) is 4.72.